The molecule has 0 amide bonds. The number of pyridine rings is 1. The second-order valence-corrected chi connectivity index (χ2v) is 25.9. The molecule has 0 unspecified atom stereocenters. The summed E-state index contributed by atoms with van der Waals surface area (Å²) < 4.78 is 26.3. The van der Waals surface area contributed by atoms with Gasteiger partial charge in [0.15, 0.2) is 5.82 Å². The van der Waals surface area contributed by atoms with Crippen LogP contribution in [-0.2, 0) is 6.54 Å². The number of H-pyrrole nitrogens is 1. The van der Waals surface area contributed by atoms with Crippen molar-refractivity contribution < 1.29 is 18.7 Å². The molecule has 90 heavy (non-hydrogen) atoms. The fraction of sp³-hybridized carbons (Fsp3) is 0.338. The van der Waals surface area contributed by atoms with Gasteiger partial charge in [0.05, 0.1) is 82.9 Å². The van der Waals surface area contributed by atoms with Crippen molar-refractivity contribution in [1.29, 1.82) is 0 Å². The van der Waals surface area contributed by atoms with Gasteiger partial charge in [0.1, 0.15) is 63.0 Å². The Kier molecular flexibility index (Phi) is 18.0. The third kappa shape index (κ3) is 12.1. The zero-order valence-corrected chi connectivity index (χ0v) is 56.1. The van der Waals surface area contributed by atoms with Crippen LogP contribution in [-0.4, -0.2) is 76.7 Å². The van der Waals surface area contributed by atoms with Gasteiger partial charge in [0, 0.05) is 79.6 Å². The van der Waals surface area contributed by atoms with Gasteiger partial charge in [-0.25, -0.2) is 19.5 Å². The van der Waals surface area contributed by atoms with Crippen LogP contribution in [0.2, 0.25) is 15.1 Å². The number of aromatic amines is 1. The van der Waals surface area contributed by atoms with E-state index in [0.29, 0.717) is 44.7 Å². The molecule has 4 aromatic carbocycles. The van der Waals surface area contributed by atoms with E-state index in [1.165, 1.54) is 36.0 Å². The van der Waals surface area contributed by atoms with E-state index in [-0.39, 0.29) is 17.9 Å². The van der Waals surface area contributed by atoms with Crippen LogP contribution in [0.3, 0.4) is 0 Å². The average molecular weight is 1290 g/mol. The quantitative estimate of drug-likeness (QED) is 0.0870. The number of aromatic nitrogens is 10. The Morgan fingerprint density at radius 1 is 0.811 bits per heavy atom. The molecular weight excluding hydrogens is 1220 g/mol. The van der Waals surface area contributed by atoms with Gasteiger partial charge in [0.25, 0.3) is 0 Å². The lowest BCUT2D eigenvalue weighted by Gasteiger charge is -2.17. The molecular formula is C68H71Cl3N14O4S. The molecule has 13 rings (SSSR count). The Morgan fingerprint density at radius 3 is 2.17 bits per heavy atom. The minimum Gasteiger partial charge on any atom is -0.496 e. The van der Waals surface area contributed by atoms with E-state index < -0.39 is 0 Å². The number of aliphatic imine (C=N–C) groups is 1. The minimum atomic E-state index is -0.0406. The van der Waals surface area contributed by atoms with E-state index in [9.17, 15) is 0 Å². The number of aryl methyl sites for hydroxylation is 5. The number of fused-ring (bicyclic) bond motifs is 7. The normalized spacial score (nSPS) is 13.6. The molecule has 1 aliphatic carbocycles. The molecule has 2 aliphatic rings. The zero-order chi connectivity index (χ0) is 64.1. The highest BCUT2D eigenvalue weighted by Crippen LogP contribution is 2.46. The lowest BCUT2D eigenvalue weighted by molar-refractivity contribution is 0.393. The lowest BCUT2D eigenvalue weighted by Crippen LogP contribution is -2.11. The number of hydrogen-bond donors (Lipinski definition) is 3. The molecule has 0 saturated heterocycles. The maximum atomic E-state index is 7.54. The molecule has 18 nitrogen and oxygen atoms in total. The number of halogens is 3. The number of ether oxygens (including phenoxy) is 3. The maximum absolute atomic E-state index is 7.54. The Morgan fingerprint density at radius 2 is 1.53 bits per heavy atom. The number of thiophene rings is 1. The second-order valence-electron chi connectivity index (χ2n) is 23.5. The Balaban J connectivity index is 0.000000141. The fourth-order valence-electron chi connectivity index (χ4n) is 11.3. The first-order valence-electron chi connectivity index (χ1n) is 29.9. The first-order chi connectivity index (χ1) is 43.1. The summed E-state index contributed by atoms with van der Waals surface area (Å²) in [6.45, 7) is 33.4. The van der Waals surface area contributed by atoms with Crippen LogP contribution in [0.4, 0.5) is 28.7 Å². The largest absolute Gasteiger partial charge is 0.496 e. The van der Waals surface area contributed by atoms with E-state index >= 15 is 0 Å². The summed E-state index contributed by atoms with van der Waals surface area (Å²) in [5, 5.41) is 30.1. The van der Waals surface area contributed by atoms with Crippen molar-refractivity contribution >= 4 is 113 Å². The van der Waals surface area contributed by atoms with Crippen LogP contribution in [0.1, 0.15) is 147 Å². The molecule has 1 aliphatic heterocycles. The number of hydrogen-bond acceptors (Lipinski definition) is 15. The average Bonchev–Trinajstić information content (AvgIpc) is 1.58. The molecule has 1 fully saturated rings. The molecule has 22 heteroatoms. The second kappa shape index (κ2) is 25.7. The number of rotatable bonds is 14. The topological polar surface area (TPSA) is 197 Å². The third-order valence-corrected chi connectivity index (χ3v) is 18.4. The molecule has 7 aromatic heterocycles. The van der Waals surface area contributed by atoms with Gasteiger partial charge in [-0.05, 0) is 120 Å². The summed E-state index contributed by atoms with van der Waals surface area (Å²) in [5.41, 5.74) is 13.5. The number of nitrogens with zero attached hydrogens (tertiary/aromatic N) is 11. The van der Waals surface area contributed by atoms with Gasteiger partial charge < -0.3 is 34.4 Å². The highest BCUT2D eigenvalue weighted by atomic mass is 35.5. The predicted molar refractivity (Wildman–Crippen MR) is 363 cm³/mol. The monoisotopic (exact) mass is 1280 g/mol. The molecule has 1 saturated carbocycles. The van der Waals surface area contributed by atoms with Crippen molar-refractivity contribution in [2.24, 2.45) is 10.9 Å². The Bertz CT molecular complexity index is 4600. The van der Waals surface area contributed by atoms with E-state index in [1.807, 2.05) is 67.9 Å². The van der Waals surface area contributed by atoms with Gasteiger partial charge in [-0.2, -0.15) is 5.10 Å². The van der Waals surface area contributed by atoms with Gasteiger partial charge in [-0.15, -0.1) is 21.5 Å². The highest BCUT2D eigenvalue weighted by molar-refractivity contribution is 7.15. The summed E-state index contributed by atoms with van der Waals surface area (Å²) in [6.07, 6.45) is 3.98. The molecule has 0 spiro atoms. The highest BCUT2D eigenvalue weighted by Gasteiger charge is 2.33. The van der Waals surface area contributed by atoms with E-state index in [0.717, 1.165) is 135 Å². The first-order valence-corrected chi connectivity index (χ1v) is 31.8. The molecule has 0 radical (unpaired) electrons. The van der Waals surface area contributed by atoms with Crippen molar-refractivity contribution in [3.63, 3.8) is 0 Å². The summed E-state index contributed by atoms with van der Waals surface area (Å²) in [7, 11) is 4.85. The van der Waals surface area contributed by atoms with Crippen molar-refractivity contribution in [3.05, 3.63) is 161 Å². The molecule has 11 aromatic rings. The molecule has 3 N–H and O–H groups in total. The van der Waals surface area contributed by atoms with Crippen molar-refractivity contribution in [1.82, 2.24) is 49.6 Å². The zero-order valence-electron chi connectivity index (χ0n) is 53.0. The summed E-state index contributed by atoms with van der Waals surface area (Å²) in [6, 6.07) is 21.4. The fourth-order valence-corrected chi connectivity index (χ4v) is 13.1. The van der Waals surface area contributed by atoms with Crippen molar-refractivity contribution in [2.45, 2.75) is 126 Å². The molecule has 0 bridgehead atoms. The van der Waals surface area contributed by atoms with Crippen LogP contribution < -0.4 is 24.8 Å². The SMILES string of the molecule is CCn1nc(C2CC2)cc1Nc1nc(C(C)C)nc2[nH]c3cc(-c4c(C)noc4C)c(OC)cc3c12.Cc1sc2c(c1C)C(c1ccc(Cl)cc1)=N[C@@H](C(C)C)c1nnc(C)n1-2.[C-]#[N+]c1cnc2cc(C(C)C)c(OC)cc2c1Nc1cc(OC)c(Cl)cc1Cl. The summed E-state index contributed by atoms with van der Waals surface area (Å²) >= 11 is 20.4. The first kappa shape index (κ1) is 63.0. The van der Waals surface area contributed by atoms with Gasteiger partial charge in [0.2, 0.25) is 5.69 Å². The molecule has 8 heterocycles. The van der Waals surface area contributed by atoms with E-state index in [1.54, 1.807) is 43.9 Å². The number of methoxy groups -OCH3 is 3. The number of anilines is 4. The standard InChI is InChI=1S/C27H31N7O2.C21H19Cl2N3O2.C20H21ClN4S/c1-7-34-22(12-19(32-34)16-8-9-16)29-27-24-17-11-21(35-6)18(23-14(4)33-36-15(23)5)10-20(17)28-26(24)30-25(31-27)13(2)3;1-11(2)12-6-16-13(7-19(12)27-4)21(18(24-3)10-25-16)26-17-9-20(28-5)15(23)8-14(17)22;1-10(2)17-19-24-23-13(5)25(19)20-16(11(3)12(4)26-20)18(22-17)14-6-8-15(21)9-7-14/h10-13,16H,7-9H2,1-6H3,(H2,28,29,30,31);6-11H,1-2,4-5H3,(H,25,26);6-10,17H,1-5H3/t;;17-/m..0/s1. The number of benzene rings is 4. The minimum absolute atomic E-state index is 0.0406. The van der Waals surface area contributed by atoms with E-state index in [2.05, 4.69) is 120 Å². The maximum Gasteiger partial charge on any atom is 0.228 e. The van der Waals surface area contributed by atoms with Crippen LogP contribution in [0.5, 0.6) is 17.2 Å². The smallest absolute Gasteiger partial charge is 0.228 e. The van der Waals surface area contributed by atoms with Gasteiger partial charge >= 0.3 is 0 Å². The molecule has 464 valence electrons. The van der Waals surface area contributed by atoms with Gasteiger partial charge in [-0.3, -0.25) is 14.5 Å². The van der Waals surface area contributed by atoms with Gasteiger partial charge in [-0.1, -0.05) is 93.6 Å². The Hall–Kier alpha value is -8.54. The molecule has 1 atom stereocenters. The third-order valence-electron chi connectivity index (χ3n) is 16.3. The summed E-state index contributed by atoms with van der Waals surface area (Å²) in [4.78, 5) is 27.9. The lowest BCUT2D eigenvalue weighted by atomic mass is 9.99. The van der Waals surface area contributed by atoms with Crippen molar-refractivity contribution in [2.75, 3.05) is 32.0 Å². The van der Waals surface area contributed by atoms with Crippen LogP contribution in [0, 0.1) is 47.1 Å². The van der Waals surface area contributed by atoms with Crippen LogP contribution in [0.15, 0.2) is 82.4 Å². The summed E-state index contributed by atoms with van der Waals surface area (Å²) in [5.74, 6) is 8.37. The van der Waals surface area contributed by atoms with Crippen LogP contribution in [0.25, 0.3) is 53.8 Å². The predicted octanol–water partition coefficient (Wildman–Crippen LogP) is 18.8. The van der Waals surface area contributed by atoms with Crippen molar-refractivity contribution in [3.8, 4) is 33.4 Å². The van der Waals surface area contributed by atoms with Crippen LogP contribution >= 0.6 is 46.1 Å². The number of nitrogens with one attached hydrogen (secondary N) is 3. The Labute approximate surface area is 542 Å². The van der Waals surface area contributed by atoms with E-state index in [4.69, 9.17) is 80.2 Å².